The van der Waals surface area contributed by atoms with Gasteiger partial charge in [0, 0.05) is 17.7 Å². The van der Waals surface area contributed by atoms with Crippen LogP contribution in [0.4, 0.5) is 0 Å². The molecule has 2 N–H and O–H groups in total. The molecule has 0 radical (unpaired) electrons. The second-order valence-corrected chi connectivity index (χ2v) is 5.20. The van der Waals surface area contributed by atoms with Crippen molar-refractivity contribution in [3.63, 3.8) is 0 Å². The van der Waals surface area contributed by atoms with Crippen LogP contribution in [-0.4, -0.2) is 29.3 Å². The molecule has 1 heterocycles. The summed E-state index contributed by atoms with van der Waals surface area (Å²) >= 11 is 0. The predicted octanol–water partition coefficient (Wildman–Crippen LogP) is 2.62. The highest BCUT2D eigenvalue weighted by atomic mass is 16.5. The number of ether oxygens (including phenoxy) is 2. The fourth-order valence-electron chi connectivity index (χ4n) is 2.53. The second kappa shape index (κ2) is 5.64. The smallest absolute Gasteiger partial charge is 0.262 e. The standard InChI is InChI=1S/C17H16N2O4/c1-9-4-10(6-11(20)5-9)16-18-13-7-12(22-2)8-14(23-3)15(13)17(21)19-16/h4-8,20H,1-3H3,(H,18,19,21). The van der Waals surface area contributed by atoms with Gasteiger partial charge >= 0.3 is 0 Å². The van der Waals surface area contributed by atoms with E-state index < -0.39 is 0 Å². The molecule has 0 atom stereocenters. The van der Waals surface area contributed by atoms with E-state index in [0.717, 1.165) is 5.56 Å². The molecule has 0 aliphatic rings. The number of H-pyrrole nitrogens is 1. The Morgan fingerprint density at radius 3 is 2.52 bits per heavy atom. The minimum atomic E-state index is -0.314. The lowest BCUT2D eigenvalue weighted by Crippen LogP contribution is -2.11. The molecule has 0 spiro atoms. The third kappa shape index (κ3) is 2.70. The van der Waals surface area contributed by atoms with Crippen LogP contribution in [0.15, 0.2) is 35.1 Å². The van der Waals surface area contributed by atoms with Crippen LogP contribution in [0.2, 0.25) is 0 Å². The number of nitrogens with zero attached hydrogens (tertiary/aromatic N) is 1. The number of phenols is 1. The Hall–Kier alpha value is -3.02. The van der Waals surface area contributed by atoms with Gasteiger partial charge in [0.1, 0.15) is 28.5 Å². The van der Waals surface area contributed by atoms with Crippen molar-refractivity contribution in [3.8, 4) is 28.6 Å². The zero-order valence-corrected chi connectivity index (χ0v) is 13.0. The fraction of sp³-hybridized carbons (Fsp3) is 0.176. The van der Waals surface area contributed by atoms with E-state index in [1.165, 1.54) is 14.2 Å². The molecule has 0 saturated heterocycles. The molecule has 3 aromatic rings. The number of aromatic nitrogens is 2. The van der Waals surface area contributed by atoms with Crippen LogP contribution in [0.25, 0.3) is 22.3 Å². The summed E-state index contributed by atoms with van der Waals surface area (Å²) in [6.07, 6.45) is 0. The van der Waals surface area contributed by atoms with Crippen molar-refractivity contribution < 1.29 is 14.6 Å². The molecule has 6 nitrogen and oxygen atoms in total. The summed E-state index contributed by atoms with van der Waals surface area (Å²) in [4.78, 5) is 19.7. The zero-order valence-electron chi connectivity index (χ0n) is 13.0. The third-order valence-electron chi connectivity index (χ3n) is 3.54. The number of hydrogen-bond acceptors (Lipinski definition) is 5. The molecule has 6 heteroatoms. The Bertz CT molecular complexity index is 927. The molecule has 0 amide bonds. The van der Waals surface area contributed by atoms with Crippen LogP contribution in [0.5, 0.6) is 17.2 Å². The van der Waals surface area contributed by atoms with Crippen LogP contribution >= 0.6 is 0 Å². The molecule has 118 valence electrons. The summed E-state index contributed by atoms with van der Waals surface area (Å²) in [6.45, 7) is 1.86. The largest absolute Gasteiger partial charge is 0.508 e. The molecule has 0 bridgehead atoms. The van der Waals surface area contributed by atoms with Gasteiger partial charge in [0.05, 0.1) is 19.7 Å². The highest BCUT2D eigenvalue weighted by Crippen LogP contribution is 2.29. The highest BCUT2D eigenvalue weighted by Gasteiger charge is 2.13. The molecule has 1 aromatic heterocycles. The first-order valence-corrected chi connectivity index (χ1v) is 6.99. The molecule has 2 aromatic carbocycles. The molecule has 0 unspecified atom stereocenters. The summed E-state index contributed by atoms with van der Waals surface area (Å²) in [5, 5.41) is 10.1. The van der Waals surface area contributed by atoms with Crippen LogP contribution in [-0.2, 0) is 0 Å². The van der Waals surface area contributed by atoms with E-state index in [-0.39, 0.29) is 11.3 Å². The third-order valence-corrected chi connectivity index (χ3v) is 3.54. The Morgan fingerprint density at radius 1 is 1.09 bits per heavy atom. The number of benzene rings is 2. The molecule has 0 aliphatic carbocycles. The first kappa shape index (κ1) is 14.9. The lowest BCUT2D eigenvalue weighted by Gasteiger charge is -2.09. The highest BCUT2D eigenvalue weighted by molar-refractivity contribution is 5.87. The average molecular weight is 312 g/mol. The number of aryl methyl sites for hydroxylation is 1. The van der Waals surface area contributed by atoms with Gasteiger partial charge in [-0.15, -0.1) is 0 Å². The Labute approximate surface area is 132 Å². The van der Waals surface area contributed by atoms with E-state index in [9.17, 15) is 9.90 Å². The number of fused-ring (bicyclic) bond motifs is 1. The Kier molecular flexibility index (Phi) is 3.65. The van der Waals surface area contributed by atoms with Gasteiger partial charge in [-0.05, 0) is 30.7 Å². The SMILES string of the molecule is COc1cc(OC)c2c(=O)[nH]c(-c3cc(C)cc(O)c3)nc2c1. The molecule has 3 rings (SSSR count). The van der Waals surface area contributed by atoms with E-state index in [1.807, 2.05) is 13.0 Å². The van der Waals surface area contributed by atoms with Crippen LogP contribution in [0, 0.1) is 6.92 Å². The fourth-order valence-corrected chi connectivity index (χ4v) is 2.53. The molecular formula is C17H16N2O4. The van der Waals surface area contributed by atoms with Gasteiger partial charge in [-0.3, -0.25) is 4.79 Å². The maximum Gasteiger partial charge on any atom is 0.262 e. The van der Waals surface area contributed by atoms with Gasteiger partial charge < -0.3 is 19.6 Å². The quantitative estimate of drug-likeness (QED) is 0.776. The summed E-state index contributed by atoms with van der Waals surface area (Å²) in [5.41, 5.74) is 1.64. The second-order valence-electron chi connectivity index (χ2n) is 5.20. The zero-order chi connectivity index (χ0) is 16.6. The number of rotatable bonds is 3. The number of aromatic amines is 1. The first-order valence-electron chi connectivity index (χ1n) is 6.99. The first-order chi connectivity index (χ1) is 11.0. The summed E-state index contributed by atoms with van der Waals surface area (Å²) < 4.78 is 10.5. The predicted molar refractivity (Wildman–Crippen MR) is 87.3 cm³/mol. The minimum absolute atomic E-state index is 0.117. The van der Waals surface area contributed by atoms with E-state index in [4.69, 9.17) is 9.47 Å². The maximum absolute atomic E-state index is 12.4. The van der Waals surface area contributed by atoms with E-state index >= 15 is 0 Å². The van der Waals surface area contributed by atoms with Gasteiger partial charge in [0.15, 0.2) is 0 Å². The van der Waals surface area contributed by atoms with Crippen LogP contribution in [0.3, 0.4) is 0 Å². The van der Waals surface area contributed by atoms with Gasteiger partial charge in [0.2, 0.25) is 0 Å². The normalized spacial score (nSPS) is 10.7. The van der Waals surface area contributed by atoms with Crippen LogP contribution in [0.1, 0.15) is 5.56 Å². The maximum atomic E-state index is 12.4. The van der Waals surface area contributed by atoms with Gasteiger partial charge in [0.25, 0.3) is 5.56 Å². The molecule has 23 heavy (non-hydrogen) atoms. The van der Waals surface area contributed by atoms with Gasteiger partial charge in [-0.2, -0.15) is 0 Å². The van der Waals surface area contributed by atoms with E-state index in [2.05, 4.69) is 9.97 Å². The van der Waals surface area contributed by atoms with Crippen molar-refractivity contribution in [1.82, 2.24) is 9.97 Å². The topological polar surface area (TPSA) is 84.4 Å². The van der Waals surface area contributed by atoms with Crippen molar-refractivity contribution in [3.05, 3.63) is 46.2 Å². The lowest BCUT2D eigenvalue weighted by atomic mass is 10.1. The lowest BCUT2D eigenvalue weighted by molar-refractivity contribution is 0.397. The van der Waals surface area contributed by atoms with Crippen molar-refractivity contribution in [2.45, 2.75) is 6.92 Å². The molecule has 0 fully saturated rings. The molecule has 0 saturated carbocycles. The summed E-state index contributed by atoms with van der Waals surface area (Å²) in [6, 6.07) is 8.33. The summed E-state index contributed by atoms with van der Waals surface area (Å²) in [7, 11) is 3.02. The Morgan fingerprint density at radius 2 is 1.87 bits per heavy atom. The van der Waals surface area contributed by atoms with Gasteiger partial charge in [-0.25, -0.2) is 4.98 Å². The Balaban J connectivity index is 2.30. The van der Waals surface area contributed by atoms with Crippen molar-refractivity contribution in [2.24, 2.45) is 0 Å². The number of hydrogen-bond donors (Lipinski definition) is 2. The van der Waals surface area contributed by atoms with Crippen molar-refractivity contribution in [2.75, 3.05) is 14.2 Å². The van der Waals surface area contributed by atoms with E-state index in [0.29, 0.717) is 33.8 Å². The number of methoxy groups -OCH3 is 2. The van der Waals surface area contributed by atoms with E-state index in [1.54, 1.807) is 24.3 Å². The number of aromatic hydroxyl groups is 1. The van der Waals surface area contributed by atoms with Crippen LogP contribution < -0.4 is 15.0 Å². The summed E-state index contributed by atoms with van der Waals surface area (Å²) in [5.74, 6) is 1.43. The molecule has 0 aliphatic heterocycles. The molecular weight excluding hydrogens is 296 g/mol. The monoisotopic (exact) mass is 312 g/mol. The number of nitrogens with one attached hydrogen (secondary N) is 1. The van der Waals surface area contributed by atoms with Crippen molar-refractivity contribution in [1.29, 1.82) is 0 Å². The average Bonchev–Trinajstić information content (AvgIpc) is 2.52. The minimum Gasteiger partial charge on any atom is -0.508 e. The van der Waals surface area contributed by atoms with Gasteiger partial charge in [-0.1, -0.05) is 0 Å². The van der Waals surface area contributed by atoms with Crippen molar-refractivity contribution >= 4 is 10.9 Å². The number of phenolic OH excluding ortho intramolecular Hbond substituents is 1.